The second-order valence-electron chi connectivity index (χ2n) is 3.87. The number of carbonyl (C=O) groups is 2. The van der Waals surface area contributed by atoms with Crippen LogP contribution in [-0.2, 0) is 9.59 Å². The molecule has 98 valence electrons. The first kappa shape index (κ1) is 14.6. The topological polar surface area (TPSA) is 49.4 Å². The lowest BCUT2D eigenvalue weighted by molar-refractivity contribution is -0.132. The minimum Gasteiger partial charge on any atom is -0.335 e. The molecule has 0 saturated carbocycles. The van der Waals surface area contributed by atoms with E-state index in [1.54, 1.807) is 14.0 Å². The molecule has 4 nitrogen and oxygen atoms in total. The Balaban J connectivity index is 2.51. The molecule has 1 aromatic carbocycles. The molecule has 1 atom stereocenters. The number of rotatable bonds is 4. The molecule has 0 radical (unpaired) electrons. The predicted molar refractivity (Wildman–Crippen MR) is 71.1 cm³/mol. The van der Waals surface area contributed by atoms with Gasteiger partial charge < -0.3 is 10.2 Å². The number of alkyl halides is 1. The van der Waals surface area contributed by atoms with Crippen molar-refractivity contribution in [2.24, 2.45) is 0 Å². The maximum atomic E-state index is 12.7. The zero-order valence-electron chi connectivity index (χ0n) is 10.1. The third kappa shape index (κ3) is 4.44. The van der Waals surface area contributed by atoms with Crippen LogP contribution in [0.25, 0.3) is 0 Å². The van der Waals surface area contributed by atoms with Gasteiger partial charge in [-0.2, -0.15) is 0 Å². The zero-order chi connectivity index (χ0) is 13.7. The van der Waals surface area contributed by atoms with E-state index in [4.69, 9.17) is 0 Å². The van der Waals surface area contributed by atoms with Crippen molar-refractivity contribution in [2.75, 3.05) is 18.9 Å². The van der Waals surface area contributed by atoms with Gasteiger partial charge in [-0.1, -0.05) is 15.9 Å². The van der Waals surface area contributed by atoms with E-state index in [9.17, 15) is 14.0 Å². The highest BCUT2D eigenvalue weighted by atomic mass is 79.9. The summed E-state index contributed by atoms with van der Waals surface area (Å²) in [5.74, 6) is -0.872. The maximum Gasteiger partial charge on any atom is 0.243 e. The molecule has 0 bridgehead atoms. The first-order valence-corrected chi connectivity index (χ1v) is 6.26. The van der Waals surface area contributed by atoms with Crippen molar-refractivity contribution in [1.82, 2.24) is 4.90 Å². The largest absolute Gasteiger partial charge is 0.335 e. The summed E-state index contributed by atoms with van der Waals surface area (Å²) in [5.41, 5.74) is 0.495. The minimum atomic E-state index is -0.367. The molecule has 0 heterocycles. The lowest BCUT2D eigenvalue weighted by Crippen LogP contribution is -2.38. The first-order chi connectivity index (χ1) is 8.40. The predicted octanol–water partition coefficient (Wildman–Crippen LogP) is 2.01. The van der Waals surface area contributed by atoms with Gasteiger partial charge in [-0.05, 0) is 31.2 Å². The minimum absolute atomic E-state index is 0.0495. The van der Waals surface area contributed by atoms with Crippen LogP contribution in [0.2, 0.25) is 0 Å². The third-order valence-corrected chi connectivity index (χ3v) is 2.62. The van der Waals surface area contributed by atoms with Crippen molar-refractivity contribution in [1.29, 1.82) is 0 Å². The number of likely N-dealkylation sites (N-methyl/N-ethyl adjacent to an activating group) is 1. The van der Waals surface area contributed by atoms with Crippen LogP contribution in [-0.4, -0.2) is 35.1 Å². The Morgan fingerprint density at radius 2 is 1.94 bits per heavy atom. The van der Waals surface area contributed by atoms with Crippen LogP contribution in [0.5, 0.6) is 0 Å². The number of carbonyl (C=O) groups excluding carboxylic acids is 2. The van der Waals surface area contributed by atoms with E-state index >= 15 is 0 Å². The number of benzene rings is 1. The van der Waals surface area contributed by atoms with E-state index in [1.165, 1.54) is 29.2 Å². The van der Waals surface area contributed by atoms with Gasteiger partial charge in [-0.15, -0.1) is 0 Å². The Morgan fingerprint density at radius 3 is 2.44 bits per heavy atom. The summed E-state index contributed by atoms with van der Waals surface area (Å²) in [5, 5.41) is 2.58. The maximum absolute atomic E-state index is 12.7. The van der Waals surface area contributed by atoms with Crippen LogP contribution in [0.3, 0.4) is 0 Å². The molecular formula is C12H14BrFN2O2. The summed E-state index contributed by atoms with van der Waals surface area (Å²) in [4.78, 5) is 24.1. The highest BCUT2D eigenvalue weighted by Gasteiger charge is 2.16. The molecule has 1 unspecified atom stereocenters. The van der Waals surface area contributed by atoms with E-state index < -0.39 is 0 Å². The molecule has 0 aliphatic heterocycles. The van der Waals surface area contributed by atoms with E-state index in [0.717, 1.165) is 0 Å². The fourth-order valence-corrected chi connectivity index (χ4v) is 1.68. The van der Waals surface area contributed by atoms with Crippen LogP contribution in [0, 0.1) is 5.82 Å². The number of hydrogen-bond donors (Lipinski definition) is 1. The fraction of sp³-hybridized carbons (Fsp3) is 0.333. The molecule has 6 heteroatoms. The van der Waals surface area contributed by atoms with Crippen molar-refractivity contribution in [3.8, 4) is 0 Å². The number of amides is 2. The van der Waals surface area contributed by atoms with Crippen LogP contribution in [0.1, 0.15) is 6.92 Å². The third-order valence-electron chi connectivity index (χ3n) is 2.23. The van der Waals surface area contributed by atoms with Crippen molar-refractivity contribution in [2.45, 2.75) is 11.8 Å². The summed E-state index contributed by atoms with van der Waals surface area (Å²) < 4.78 is 12.7. The molecule has 2 amide bonds. The van der Waals surface area contributed by atoms with Gasteiger partial charge in [0.15, 0.2) is 0 Å². The van der Waals surface area contributed by atoms with E-state index in [-0.39, 0.29) is 29.0 Å². The molecule has 0 aromatic heterocycles. The van der Waals surface area contributed by atoms with Gasteiger partial charge in [-0.3, -0.25) is 9.59 Å². The highest BCUT2D eigenvalue weighted by molar-refractivity contribution is 9.10. The Labute approximate surface area is 113 Å². The van der Waals surface area contributed by atoms with Crippen molar-refractivity contribution >= 4 is 33.4 Å². The molecule has 1 aromatic rings. The van der Waals surface area contributed by atoms with Crippen LogP contribution in [0.4, 0.5) is 10.1 Å². The summed E-state index contributed by atoms with van der Waals surface area (Å²) >= 11 is 3.14. The number of anilines is 1. The summed E-state index contributed by atoms with van der Waals surface area (Å²) in [6, 6.07) is 5.43. The summed E-state index contributed by atoms with van der Waals surface area (Å²) in [6.45, 7) is 1.64. The molecule has 1 rings (SSSR count). The molecule has 0 aliphatic carbocycles. The van der Waals surface area contributed by atoms with Crippen LogP contribution < -0.4 is 5.32 Å². The van der Waals surface area contributed by atoms with Gasteiger partial charge in [0.2, 0.25) is 11.8 Å². The van der Waals surface area contributed by atoms with Crippen LogP contribution >= 0.6 is 15.9 Å². The number of nitrogens with zero attached hydrogens (tertiary/aromatic N) is 1. The SMILES string of the molecule is CC(Br)C(=O)N(C)CC(=O)Nc1ccc(F)cc1. The van der Waals surface area contributed by atoms with Gasteiger partial charge in [0.25, 0.3) is 0 Å². The van der Waals surface area contributed by atoms with E-state index in [2.05, 4.69) is 21.2 Å². The molecule has 0 saturated heterocycles. The van der Waals surface area contributed by atoms with E-state index in [1.807, 2.05) is 0 Å². The summed E-state index contributed by atoms with van der Waals surface area (Å²) in [6.07, 6.45) is 0. The molecule has 0 aliphatic rings. The quantitative estimate of drug-likeness (QED) is 0.864. The monoisotopic (exact) mass is 316 g/mol. The Kier molecular flexibility index (Phi) is 5.27. The molecule has 1 N–H and O–H groups in total. The molecule has 18 heavy (non-hydrogen) atoms. The average Bonchev–Trinajstić information content (AvgIpc) is 2.30. The summed E-state index contributed by atoms with van der Waals surface area (Å²) in [7, 11) is 1.55. The van der Waals surface area contributed by atoms with Crippen molar-refractivity contribution in [3.05, 3.63) is 30.1 Å². The average molecular weight is 317 g/mol. The standard InChI is InChI=1S/C12H14BrFN2O2/c1-8(13)12(18)16(2)7-11(17)15-10-5-3-9(14)4-6-10/h3-6,8H,7H2,1-2H3,(H,15,17). The Hall–Kier alpha value is -1.43. The van der Waals surface area contributed by atoms with Gasteiger partial charge >= 0.3 is 0 Å². The number of nitrogens with one attached hydrogen (secondary N) is 1. The van der Waals surface area contributed by atoms with Crippen molar-refractivity contribution < 1.29 is 14.0 Å². The van der Waals surface area contributed by atoms with Gasteiger partial charge in [0.05, 0.1) is 11.4 Å². The fourth-order valence-electron chi connectivity index (χ4n) is 1.33. The van der Waals surface area contributed by atoms with Gasteiger partial charge in [0, 0.05) is 12.7 Å². The smallest absolute Gasteiger partial charge is 0.243 e. The first-order valence-electron chi connectivity index (χ1n) is 5.34. The molecule has 0 spiro atoms. The Bertz CT molecular complexity index is 434. The van der Waals surface area contributed by atoms with Gasteiger partial charge in [-0.25, -0.2) is 4.39 Å². The second-order valence-corrected chi connectivity index (χ2v) is 5.24. The Morgan fingerprint density at radius 1 is 1.39 bits per heavy atom. The lowest BCUT2D eigenvalue weighted by atomic mass is 10.3. The lowest BCUT2D eigenvalue weighted by Gasteiger charge is -2.18. The zero-order valence-corrected chi connectivity index (χ0v) is 11.7. The second kappa shape index (κ2) is 6.49. The highest BCUT2D eigenvalue weighted by Crippen LogP contribution is 2.08. The van der Waals surface area contributed by atoms with E-state index in [0.29, 0.717) is 5.69 Å². The normalized spacial score (nSPS) is 11.8. The van der Waals surface area contributed by atoms with Gasteiger partial charge in [0.1, 0.15) is 5.82 Å². The van der Waals surface area contributed by atoms with Crippen molar-refractivity contribution in [3.63, 3.8) is 0 Å². The number of hydrogen-bond acceptors (Lipinski definition) is 2. The number of halogens is 2. The molecule has 0 fully saturated rings. The molecular weight excluding hydrogens is 303 g/mol. The van der Waals surface area contributed by atoms with Crippen LogP contribution in [0.15, 0.2) is 24.3 Å².